The van der Waals surface area contributed by atoms with Crippen molar-refractivity contribution >= 4 is 27.5 Å². The van der Waals surface area contributed by atoms with Crippen LogP contribution in [0.5, 0.6) is 0 Å². The van der Waals surface area contributed by atoms with Gasteiger partial charge in [0.05, 0.1) is 17.0 Å². The van der Waals surface area contributed by atoms with Crippen molar-refractivity contribution in [3.8, 4) is 0 Å². The molecule has 3 atom stereocenters. The fraction of sp³-hybridized carbons (Fsp3) is 0.533. The molecule has 1 saturated heterocycles. The number of sulfone groups is 1. The molecule has 0 radical (unpaired) electrons. The van der Waals surface area contributed by atoms with E-state index in [1.807, 2.05) is 19.1 Å². The Kier molecular flexibility index (Phi) is 5.34. The minimum atomic E-state index is -3.10. The summed E-state index contributed by atoms with van der Waals surface area (Å²) in [5.41, 5.74) is 0.896. The molecule has 1 aliphatic heterocycles. The highest BCUT2D eigenvalue weighted by molar-refractivity contribution is 7.92. The van der Waals surface area contributed by atoms with Gasteiger partial charge in [-0.25, -0.2) is 13.2 Å². The predicted octanol–water partition coefficient (Wildman–Crippen LogP) is 2.67. The summed E-state index contributed by atoms with van der Waals surface area (Å²) in [5, 5.41) is 5.84. The number of hydrogen-bond donors (Lipinski definition) is 2. The highest BCUT2D eigenvalue weighted by Gasteiger charge is 2.32. The van der Waals surface area contributed by atoms with Crippen LogP contribution in [-0.4, -0.2) is 31.5 Å². The van der Waals surface area contributed by atoms with Crippen molar-refractivity contribution in [1.82, 2.24) is 10.6 Å². The molecule has 7 heteroatoms. The molecule has 1 fully saturated rings. The van der Waals surface area contributed by atoms with Crippen LogP contribution in [0.2, 0.25) is 5.02 Å². The zero-order chi connectivity index (χ0) is 16.3. The van der Waals surface area contributed by atoms with Gasteiger partial charge in [-0.2, -0.15) is 0 Å². The molecule has 0 bridgehead atoms. The molecular formula is C15H21ClN2O3S. The second-order valence-electron chi connectivity index (χ2n) is 5.81. The highest BCUT2D eigenvalue weighted by Crippen LogP contribution is 2.20. The first-order valence-corrected chi connectivity index (χ1v) is 9.41. The second kappa shape index (κ2) is 6.87. The summed E-state index contributed by atoms with van der Waals surface area (Å²) in [6.07, 6.45) is 1.26. The normalized spacial score (nSPS) is 25.2. The monoisotopic (exact) mass is 344 g/mol. The molecule has 1 aromatic rings. The van der Waals surface area contributed by atoms with Crippen molar-refractivity contribution in [1.29, 1.82) is 0 Å². The van der Waals surface area contributed by atoms with E-state index in [9.17, 15) is 13.2 Å². The number of benzene rings is 1. The number of hydrogen-bond acceptors (Lipinski definition) is 3. The van der Waals surface area contributed by atoms with Crippen molar-refractivity contribution in [2.45, 2.75) is 44.0 Å². The molecule has 0 saturated carbocycles. The molecule has 0 aliphatic carbocycles. The minimum absolute atomic E-state index is 0.00708. The molecule has 1 aromatic carbocycles. The third kappa shape index (κ3) is 4.36. The number of carbonyl (C=O) groups is 1. The van der Waals surface area contributed by atoms with Gasteiger partial charge in [0.2, 0.25) is 0 Å². The molecule has 2 N–H and O–H groups in total. The van der Waals surface area contributed by atoms with Crippen LogP contribution in [0, 0.1) is 0 Å². The number of nitrogens with one attached hydrogen (secondary N) is 2. The first-order chi connectivity index (χ1) is 10.3. The fourth-order valence-corrected chi connectivity index (χ4v) is 4.37. The van der Waals surface area contributed by atoms with Gasteiger partial charge >= 0.3 is 6.03 Å². The van der Waals surface area contributed by atoms with Crippen LogP contribution in [-0.2, 0) is 9.84 Å². The summed E-state index contributed by atoms with van der Waals surface area (Å²) in [4.78, 5) is 12.0. The average molecular weight is 345 g/mol. The van der Waals surface area contributed by atoms with Crippen molar-refractivity contribution in [2.75, 3.05) is 5.75 Å². The van der Waals surface area contributed by atoms with Crippen LogP contribution in [0.1, 0.15) is 38.3 Å². The third-order valence-electron chi connectivity index (χ3n) is 4.00. The maximum Gasteiger partial charge on any atom is 0.315 e. The van der Waals surface area contributed by atoms with Gasteiger partial charge < -0.3 is 10.6 Å². The summed E-state index contributed by atoms with van der Waals surface area (Å²) in [7, 11) is -3.10. The summed E-state index contributed by atoms with van der Waals surface area (Å²) in [5.74, 6) is 0.00708. The zero-order valence-corrected chi connectivity index (χ0v) is 14.2. The molecule has 1 aliphatic rings. The van der Waals surface area contributed by atoms with E-state index in [2.05, 4.69) is 10.6 Å². The Labute approximate surface area is 136 Å². The van der Waals surface area contributed by atoms with E-state index in [1.165, 1.54) is 0 Å². The lowest BCUT2D eigenvalue weighted by Crippen LogP contribution is -2.49. The van der Waals surface area contributed by atoms with Crippen LogP contribution in [0.25, 0.3) is 0 Å². The number of halogens is 1. The van der Waals surface area contributed by atoms with E-state index < -0.39 is 9.84 Å². The maximum atomic E-state index is 12.0. The number of amides is 2. The second-order valence-corrected chi connectivity index (χ2v) is 8.71. The molecule has 1 heterocycles. The van der Waals surface area contributed by atoms with E-state index in [1.54, 1.807) is 19.1 Å². The minimum Gasteiger partial charge on any atom is -0.334 e. The molecule has 0 aromatic heterocycles. The molecule has 2 amide bonds. The Morgan fingerprint density at radius 1 is 1.36 bits per heavy atom. The van der Waals surface area contributed by atoms with Gasteiger partial charge in [0, 0.05) is 11.1 Å². The van der Waals surface area contributed by atoms with E-state index in [0.29, 0.717) is 17.9 Å². The maximum absolute atomic E-state index is 12.0. The van der Waals surface area contributed by atoms with Crippen LogP contribution >= 0.6 is 11.6 Å². The first-order valence-electron chi connectivity index (χ1n) is 7.32. The first kappa shape index (κ1) is 17.1. The van der Waals surface area contributed by atoms with Crippen molar-refractivity contribution < 1.29 is 13.2 Å². The topological polar surface area (TPSA) is 75.3 Å². The fourth-order valence-electron chi connectivity index (χ4n) is 2.54. The Morgan fingerprint density at radius 2 is 2.09 bits per heavy atom. The summed E-state index contributed by atoms with van der Waals surface area (Å²) < 4.78 is 23.7. The van der Waals surface area contributed by atoms with Crippen LogP contribution in [0.15, 0.2) is 24.3 Å². The van der Waals surface area contributed by atoms with Crippen LogP contribution in [0.3, 0.4) is 0 Å². The number of rotatable bonds is 3. The predicted molar refractivity (Wildman–Crippen MR) is 87.8 cm³/mol. The largest absolute Gasteiger partial charge is 0.334 e. The lowest BCUT2D eigenvalue weighted by Gasteiger charge is -2.27. The lowest BCUT2D eigenvalue weighted by molar-refractivity contribution is 0.233. The summed E-state index contributed by atoms with van der Waals surface area (Å²) >= 11 is 5.93. The van der Waals surface area contributed by atoms with Gasteiger partial charge in [0.15, 0.2) is 9.84 Å². The standard InChI is InChI=1S/C15H21ClN2O3S/c1-10-6-7-14(9-22(10,20)21)18-15(19)17-11(2)12-4-3-5-13(16)8-12/h3-5,8,10-11,14H,6-7,9H2,1-2H3,(H2,17,18,19)/t10?,11-,14?/m1/s1. The van der Waals surface area contributed by atoms with E-state index in [4.69, 9.17) is 11.6 Å². The Morgan fingerprint density at radius 3 is 2.73 bits per heavy atom. The Hall–Kier alpha value is -1.27. The SMILES string of the molecule is CC1CCC(NC(=O)N[C@H](C)c2cccc(Cl)c2)CS1(=O)=O. The number of urea groups is 1. The van der Waals surface area contributed by atoms with Crippen LogP contribution < -0.4 is 10.6 Å². The van der Waals surface area contributed by atoms with Crippen molar-refractivity contribution in [2.24, 2.45) is 0 Å². The lowest BCUT2D eigenvalue weighted by atomic mass is 10.1. The molecule has 22 heavy (non-hydrogen) atoms. The van der Waals surface area contributed by atoms with E-state index in [-0.39, 0.29) is 29.1 Å². The van der Waals surface area contributed by atoms with Gasteiger partial charge in [-0.15, -0.1) is 0 Å². The zero-order valence-electron chi connectivity index (χ0n) is 12.7. The van der Waals surface area contributed by atoms with E-state index >= 15 is 0 Å². The number of carbonyl (C=O) groups excluding carboxylic acids is 1. The van der Waals surface area contributed by atoms with Crippen molar-refractivity contribution in [3.05, 3.63) is 34.9 Å². The van der Waals surface area contributed by atoms with Gasteiger partial charge in [0.1, 0.15) is 0 Å². The molecule has 122 valence electrons. The molecule has 2 unspecified atom stereocenters. The van der Waals surface area contributed by atoms with Crippen molar-refractivity contribution in [3.63, 3.8) is 0 Å². The van der Waals surface area contributed by atoms with Crippen LogP contribution in [0.4, 0.5) is 4.79 Å². The summed E-state index contributed by atoms with van der Waals surface area (Å²) in [6, 6.07) is 6.37. The van der Waals surface area contributed by atoms with Gasteiger partial charge in [-0.05, 0) is 44.4 Å². The third-order valence-corrected chi connectivity index (χ3v) is 6.56. The van der Waals surface area contributed by atoms with Gasteiger partial charge in [-0.3, -0.25) is 0 Å². The Balaban J connectivity index is 1.90. The molecule has 2 rings (SSSR count). The molecular weight excluding hydrogens is 324 g/mol. The summed E-state index contributed by atoms with van der Waals surface area (Å²) in [6.45, 7) is 3.57. The smallest absolute Gasteiger partial charge is 0.315 e. The Bertz CT molecular complexity index is 648. The quantitative estimate of drug-likeness (QED) is 0.885. The highest BCUT2D eigenvalue weighted by atomic mass is 35.5. The average Bonchev–Trinajstić information content (AvgIpc) is 2.42. The van der Waals surface area contributed by atoms with Gasteiger partial charge in [-0.1, -0.05) is 23.7 Å². The molecule has 0 spiro atoms. The molecule has 5 nitrogen and oxygen atoms in total. The van der Waals surface area contributed by atoms with Gasteiger partial charge in [0.25, 0.3) is 0 Å². The van der Waals surface area contributed by atoms with E-state index in [0.717, 1.165) is 5.56 Å².